The minimum Gasteiger partial charge on any atom is -0.444 e. The van der Waals surface area contributed by atoms with Crippen LogP contribution < -0.4 is 10.1 Å². The fourth-order valence-corrected chi connectivity index (χ4v) is 3.31. The number of nitrogens with one attached hydrogen (secondary N) is 1. The van der Waals surface area contributed by atoms with Crippen LogP contribution in [0.1, 0.15) is 25.0 Å². The molecule has 0 radical (unpaired) electrons. The molecule has 0 saturated heterocycles. The Hall–Kier alpha value is -4.20. The number of carbonyl (C=O) groups excluding carboxylic acids is 2. The Bertz CT molecular complexity index is 1240. The topological polar surface area (TPSA) is 94.8 Å². The van der Waals surface area contributed by atoms with Crippen molar-refractivity contribution in [3.05, 3.63) is 85.2 Å². The Balaban J connectivity index is 1.31. The Morgan fingerprint density at radius 3 is 2.65 bits per heavy atom. The third-order valence-corrected chi connectivity index (χ3v) is 5.29. The second-order valence-corrected chi connectivity index (χ2v) is 7.96. The number of aryl methyl sites for hydroxylation is 1. The van der Waals surface area contributed by atoms with Crippen LogP contribution in [0.25, 0.3) is 5.65 Å². The van der Waals surface area contributed by atoms with Crippen molar-refractivity contribution in [2.45, 2.75) is 25.7 Å². The molecule has 4 rings (SSSR count). The van der Waals surface area contributed by atoms with Gasteiger partial charge in [-0.25, -0.2) is 14.3 Å². The van der Waals surface area contributed by atoms with E-state index in [9.17, 15) is 9.59 Å². The molecule has 2 aromatic heterocycles. The molecule has 1 aromatic carbocycles. The highest BCUT2D eigenvalue weighted by atomic mass is 16.5. The number of amides is 1. The van der Waals surface area contributed by atoms with Crippen LogP contribution in [-0.2, 0) is 16.0 Å². The molecule has 0 bridgehead atoms. The van der Waals surface area contributed by atoms with Gasteiger partial charge in [-0.15, -0.1) is 5.10 Å². The maximum absolute atomic E-state index is 12.0. The van der Waals surface area contributed by atoms with E-state index in [1.165, 1.54) is 0 Å². The number of imidazole rings is 1. The summed E-state index contributed by atoms with van der Waals surface area (Å²) in [5, 5.41) is 7.09. The molecule has 1 aliphatic carbocycles. The summed E-state index contributed by atoms with van der Waals surface area (Å²) in [6.07, 6.45) is 9.36. The van der Waals surface area contributed by atoms with Crippen LogP contribution in [-0.4, -0.2) is 33.1 Å². The lowest BCUT2D eigenvalue weighted by atomic mass is 10.1. The molecular weight excluding hydrogens is 432 g/mol. The second kappa shape index (κ2) is 10.6. The third-order valence-electron chi connectivity index (χ3n) is 5.29. The Labute approximate surface area is 197 Å². The highest BCUT2D eigenvalue weighted by molar-refractivity contribution is 5.84. The number of hydrogen-bond acceptors (Lipinski definition) is 6. The normalized spacial score (nSPS) is 13.4. The predicted molar refractivity (Wildman–Crippen MR) is 129 cm³/mol. The zero-order valence-corrected chi connectivity index (χ0v) is 18.8. The van der Waals surface area contributed by atoms with Gasteiger partial charge in [0, 0.05) is 24.1 Å². The Morgan fingerprint density at radius 1 is 1.15 bits per heavy atom. The van der Waals surface area contributed by atoms with E-state index in [-0.39, 0.29) is 12.5 Å². The number of nitrogens with zero attached hydrogens (tertiary/aromatic N) is 3. The molecule has 34 heavy (non-hydrogen) atoms. The van der Waals surface area contributed by atoms with Crippen LogP contribution in [0.15, 0.2) is 79.6 Å². The first-order valence-electron chi connectivity index (χ1n) is 11.1. The first-order chi connectivity index (χ1) is 16.5. The van der Waals surface area contributed by atoms with Crippen molar-refractivity contribution in [3.8, 4) is 11.6 Å². The van der Waals surface area contributed by atoms with Gasteiger partial charge in [-0.3, -0.25) is 10.1 Å². The van der Waals surface area contributed by atoms with Crippen molar-refractivity contribution in [1.82, 2.24) is 14.6 Å². The molecule has 1 amide bonds. The number of fused-ring (bicyclic) bond motifs is 1. The number of anilines is 1. The van der Waals surface area contributed by atoms with Gasteiger partial charge in [-0.1, -0.05) is 31.4 Å². The van der Waals surface area contributed by atoms with Crippen LogP contribution in [0.4, 0.5) is 10.5 Å². The summed E-state index contributed by atoms with van der Waals surface area (Å²) in [6.45, 7) is 7.37. The number of aromatic nitrogens is 3. The Kier molecular flexibility index (Phi) is 7.17. The van der Waals surface area contributed by atoms with E-state index >= 15 is 0 Å². The van der Waals surface area contributed by atoms with Gasteiger partial charge >= 0.3 is 6.09 Å². The molecule has 0 spiro atoms. The number of benzene rings is 1. The largest absolute Gasteiger partial charge is 0.444 e. The van der Waals surface area contributed by atoms with Crippen LogP contribution in [0.3, 0.4) is 0 Å². The summed E-state index contributed by atoms with van der Waals surface area (Å²) >= 11 is 0. The van der Waals surface area contributed by atoms with Crippen molar-refractivity contribution in [3.63, 3.8) is 0 Å². The van der Waals surface area contributed by atoms with Gasteiger partial charge in [-0.2, -0.15) is 0 Å². The number of ether oxygens (including phenoxy) is 2. The van der Waals surface area contributed by atoms with Crippen LogP contribution in [0.5, 0.6) is 11.6 Å². The molecule has 1 aliphatic rings. The average molecular weight is 459 g/mol. The van der Waals surface area contributed by atoms with Gasteiger partial charge in [0.1, 0.15) is 18.1 Å². The number of allylic oxidation sites excluding steroid dienone is 2. The van der Waals surface area contributed by atoms with Crippen molar-refractivity contribution >= 4 is 23.2 Å². The van der Waals surface area contributed by atoms with Crippen molar-refractivity contribution in [1.29, 1.82) is 0 Å². The fourth-order valence-electron chi connectivity index (χ4n) is 3.31. The smallest absolute Gasteiger partial charge is 0.411 e. The van der Waals surface area contributed by atoms with E-state index in [0.717, 1.165) is 24.1 Å². The summed E-state index contributed by atoms with van der Waals surface area (Å²) < 4.78 is 12.6. The van der Waals surface area contributed by atoms with E-state index < -0.39 is 6.09 Å². The number of Topliss-reactive ketones (excluding diaryl/α,β-unsaturated/α-hetero) is 1. The number of carbonyl (C=O) groups is 2. The van der Waals surface area contributed by atoms with Gasteiger partial charge < -0.3 is 9.47 Å². The molecule has 1 fully saturated rings. The third kappa shape index (κ3) is 6.19. The number of ketones is 1. The van der Waals surface area contributed by atoms with Gasteiger partial charge in [0.05, 0.1) is 11.9 Å². The average Bonchev–Trinajstić information content (AvgIpc) is 3.61. The predicted octanol–water partition coefficient (Wildman–Crippen LogP) is 5.28. The molecule has 174 valence electrons. The monoisotopic (exact) mass is 458 g/mol. The molecule has 2 heterocycles. The van der Waals surface area contributed by atoms with E-state index in [4.69, 9.17) is 9.47 Å². The summed E-state index contributed by atoms with van der Waals surface area (Å²) in [5.41, 5.74) is 2.84. The Morgan fingerprint density at radius 2 is 1.94 bits per heavy atom. The summed E-state index contributed by atoms with van der Waals surface area (Å²) in [5.74, 6) is 1.55. The first-order valence-corrected chi connectivity index (χ1v) is 11.1. The first kappa shape index (κ1) is 23.0. The zero-order chi connectivity index (χ0) is 23.9. The number of rotatable bonds is 11. The van der Waals surface area contributed by atoms with Crippen molar-refractivity contribution in [2.75, 3.05) is 11.9 Å². The van der Waals surface area contributed by atoms with E-state index in [1.807, 2.05) is 12.3 Å². The molecule has 3 aromatic rings. The summed E-state index contributed by atoms with van der Waals surface area (Å²) in [4.78, 5) is 28.4. The molecule has 0 aliphatic heterocycles. The van der Waals surface area contributed by atoms with E-state index in [2.05, 4.69) is 28.6 Å². The lowest BCUT2D eigenvalue weighted by Crippen LogP contribution is -2.14. The van der Waals surface area contributed by atoms with Crippen LogP contribution in [0.2, 0.25) is 0 Å². The molecule has 8 nitrogen and oxygen atoms in total. The molecule has 1 saturated carbocycles. The maximum atomic E-state index is 12.0. The minimum atomic E-state index is -0.577. The van der Waals surface area contributed by atoms with Gasteiger partial charge in [0.25, 0.3) is 0 Å². The van der Waals surface area contributed by atoms with E-state index in [0.29, 0.717) is 41.6 Å². The van der Waals surface area contributed by atoms with Gasteiger partial charge in [0.15, 0.2) is 5.65 Å². The quantitative estimate of drug-likeness (QED) is 0.393. The molecule has 0 unspecified atom stereocenters. The van der Waals surface area contributed by atoms with Crippen molar-refractivity contribution in [2.24, 2.45) is 5.92 Å². The second-order valence-electron chi connectivity index (χ2n) is 7.96. The van der Waals surface area contributed by atoms with Gasteiger partial charge in [-0.05, 0) is 55.2 Å². The molecule has 0 atom stereocenters. The highest BCUT2D eigenvalue weighted by Crippen LogP contribution is 2.31. The maximum Gasteiger partial charge on any atom is 0.411 e. The fraction of sp³-hybridized carbons (Fsp3) is 0.231. The highest BCUT2D eigenvalue weighted by Gasteiger charge is 2.28. The number of hydrogen-bond donors (Lipinski definition) is 1. The zero-order valence-electron chi connectivity index (χ0n) is 18.8. The molecule has 1 N–H and O–H groups in total. The van der Waals surface area contributed by atoms with E-state index in [1.54, 1.807) is 53.1 Å². The standard InChI is InChI=1S/C26H26N4O4/c1-3-5-18(4-2)17-33-26(32)28-20-8-11-22(12-9-20)34-25-15-14-24-27-21(16-30(24)29-25)10-13-23(31)19-6-7-19/h3-5,8-9,11-12,14-16,19H,1-2,6-7,10,13,17H2,(H,28,32)/b18-5+. The lowest BCUT2D eigenvalue weighted by molar-refractivity contribution is -0.120. The molecular formula is C26H26N4O4. The van der Waals surface area contributed by atoms with Gasteiger partial charge in [0.2, 0.25) is 5.88 Å². The SMILES string of the molecule is C=C/C=C(\C=C)COC(=O)Nc1ccc(Oc2ccc3nc(CCC(=O)C4CC4)cn3n2)cc1. The summed E-state index contributed by atoms with van der Waals surface area (Å²) in [7, 11) is 0. The van der Waals surface area contributed by atoms with Crippen molar-refractivity contribution < 1.29 is 19.1 Å². The van der Waals surface area contributed by atoms with Crippen LogP contribution >= 0.6 is 0 Å². The van der Waals surface area contributed by atoms with Crippen LogP contribution in [0, 0.1) is 5.92 Å². The minimum absolute atomic E-state index is 0.101. The molecule has 8 heteroatoms. The summed E-state index contributed by atoms with van der Waals surface area (Å²) in [6, 6.07) is 10.4. The lowest BCUT2D eigenvalue weighted by Gasteiger charge is -2.09.